The molecule has 1 aliphatic rings. The number of morpholine rings is 1. The predicted molar refractivity (Wildman–Crippen MR) is 116 cm³/mol. The number of aryl methyl sites for hydroxylation is 2. The van der Waals surface area contributed by atoms with Crippen molar-refractivity contribution in [3.8, 4) is 0 Å². The lowest BCUT2D eigenvalue weighted by Crippen LogP contribution is -2.48. The Balaban J connectivity index is 1.62. The number of carbonyl (C=O) groups is 1. The average molecular weight is 399 g/mol. The van der Waals surface area contributed by atoms with Crippen molar-refractivity contribution in [1.82, 2.24) is 10.2 Å². The van der Waals surface area contributed by atoms with Crippen LogP contribution >= 0.6 is 11.8 Å². The summed E-state index contributed by atoms with van der Waals surface area (Å²) < 4.78 is 5.52. The second-order valence-electron chi connectivity index (χ2n) is 7.39. The minimum Gasteiger partial charge on any atom is -0.379 e. The predicted octanol–water partition coefficient (Wildman–Crippen LogP) is 3.97. The fourth-order valence-corrected chi connectivity index (χ4v) is 4.45. The van der Waals surface area contributed by atoms with Crippen molar-refractivity contribution in [1.29, 1.82) is 0 Å². The van der Waals surface area contributed by atoms with Crippen molar-refractivity contribution >= 4 is 17.7 Å². The minimum absolute atomic E-state index is 0.0216. The summed E-state index contributed by atoms with van der Waals surface area (Å²) >= 11 is 1.59. The third kappa shape index (κ3) is 5.60. The molecule has 1 heterocycles. The molecule has 0 radical (unpaired) electrons. The van der Waals surface area contributed by atoms with E-state index in [0.717, 1.165) is 31.2 Å². The summed E-state index contributed by atoms with van der Waals surface area (Å²) in [7, 11) is 0. The summed E-state index contributed by atoms with van der Waals surface area (Å²) in [6.07, 6.45) is 0. The smallest absolute Gasteiger partial charge is 0.230 e. The zero-order chi connectivity index (χ0) is 19.9. The number of ether oxygens (including phenoxy) is 1. The Morgan fingerprint density at radius 1 is 1.11 bits per heavy atom. The van der Waals surface area contributed by atoms with E-state index in [1.54, 1.807) is 11.8 Å². The molecule has 2 aromatic rings. The molecule has 1 aliphatic heterocycles. The second kappa shape index (κ2) is 10.1. The molecule has 3 rings (SSSR count). The Labute approximate surface area is 172 Å². The lowest BCUT2D eigenvalue weighted by molar-refractivity contribution is -0.119. The molecule has 0 aromatic heterocycles. The van der Waals surface area contributed by atoms with E-state index in [-0.39, 0.29) is 18.0 Å². The molecular weight excluding hydrogens is 368 g/mol. The van der Waals surface area contributed by atoms with E-state index in [1.165, 1.54) is 16.7 Å². The van der Waals surface area contributed by atoms with Gasteiger partial charge in [-0.2, -0.15) is 0 Å². The number of nitrogens with zero attached hydrogens (tertiary/aromatic N) is 1. The van der Waals surface area contributed by atoms with Gasteiger partial charge < -0.3 is 10.1 Å². The van der Waals surface area contributed by atoms with Crippen LogP contribution in [-0.2, 0) is 9.53 Å². The number of benzene rings is 2. The molecule has 1 saturated heterocycles. The molecule has 0 saturated carbocycles. The first-order valence-corrected chi connectivity index (χ1v) is 10.9. The maximum atomic E-state index is 12.6. The van der Waals surface area contributed by atoms with Crippen LogP contribution in [0.4, 0.5) is 0 Å². The molecule has 5 heteroatoms. The highest BCUT2D eigenvalue weighted by Gasteiger charge is 2.28. The number of rotatable bonds is 7. The molecule has 0 bridgehead atoms. The summed E-state index contributed by atoms with van der Waals surface area (Å²) in [4.78, 5) is 16.2. The van der Waals surface area contributed by atoms with Crippen LogP contribution in [0.25, 0.3) is 0 Å². The van der Waals surface area contributed by atoms with E-state index in [2.05, 4.69) is 73.5 Å². The number of nitrogens with one attached hydrogen (secondary N) is 1. The zero-order valence-electron chi connectivity index (χ0n) is 17.0. The first kappa shape index (κ1) is 20.9. The van der Waals surface area contributed by atoms with E-state index in [4.69, 9.17) is 4.74 Å². The molecule has 1 fully saturated rings. The molecular formula is C23H30N2O2S. The number of hydrogen-bond donors (Lipinski definition) is 1. The van der Waals surface area contributed by atoms with Gasteiger partial charge in [0.2, 0.25) is 5.91 Å². The third-order valence-electron chi connectivity index (χ3n) is 5.29. The van der Waals surface area contributed by atoms with Crippen molar-refractivity contribution in [3.05, 3.63) is 65.2 Å². The van der Waals surface area contributed by atoms with E-state index in [9.17, 15) is 4.79 Å². The molecule has 28 heavy (non-hydrogen) atoms. The number of hydrogen-bond acceptors (Lipinski definition) is 4. The van der Waals surface area contributed by atoms with E-state index >= 15 is 0 Å². The summed E-state index contributed by atoms with van der Waals surface area (Å²) in [5.74, 6) is 0.502. The highest BCUT2D eigenvalue weighted by molar-refractivity contribution is 8.00. The fourth-order valence-electron chi connectivity index (χ4n) is 3.65. The van der Waals surface area contributed by atoms with Crippen LogP contribution in [0.15, 0.2) is 53.4 Å². The first-order valence-electron chi connectivity index (χ1n) is 9.91. The van der Waals surface area contributed by atoms with E-state index in [1.807, 2.05) is 6.07 Å². The van der Waals surface area contributed by atoms with E-state index < -0.39 is 0 Å². The molecule has 0 unspecified atom stereocenters. The van der Waals surface area contributed by atoms with E-state index in [0.29, 0.717) is 5.75 Å². The van der Waals surface area contributed by atoms with Gasteiger partial charge >= 0.3 is 0 Å². The summed E-state index contributed by atoms with van der Waals surface area (Å²) in [6.45, 7) is 9.57. The van der Waals surface area contributed by atoms with Crippen LogP contribution in [0.5, 0.6) is 0 Å². The van der Waals surface area contributed by atoms with Crippen LogP contribution in [0.2, 0.25) is 0 Å². The van der Waals surface area contributed by atoms with Crippen molar-refractivity contribution in [3.63, 3.8) is 0 Å². The van der Waals surface area contributed by atoms with Gasteiger partial charge in [0.25, 0.3) is 0 Å². The number of amides is 1. The molecule has 0 spiro atoms. The SMILES string of the molecule is Cc1ccc(SCC(=O)N[C@H](C)[C@H](c2ccccc2)N2CCOCC2)cc1C. The van der Waals surface area contributed by atoms with Crippen molar-refractivity contribution < 1.29 is 9.53 Å². The van der Waals surface area contributed by atoms with Gasteiger partial charge in [-0.1, -0.05) is 36.4 Å². The van der Waals surface area contributed by atoms with Crippen LogP contribution < -0.4 is 5.32 Å². The largest absolute Gasteiger partial charge is 0.379 e. The third-order valence-corrected chi connectivity index (χ3v) is 6.28. The second-order valence-corrected chi connectivity index (χ2v) is 8.44. The highest BCUT2D eigenvalue weighted by Crippen LogP contribution is 2.26. The minimum atomic E-state index is 0.0216. The lowest BCUT2D eigenvalue weighted by atomic mass is 9.98. The first-order chi connectivity index (χ1) is 13.5. The topological polar surface area (TPSA) is 41.6 Å². The molecule has 1 amide bonds. The number of thioether (sulfide) groups is 1. The van der Waals surface area contributed by atoms with Gasteiger partial charge in [-0.3, -0.25) is 9.69 Å². The molecule has 150 valence electrons. The van der Waals surface area contributed by atoms with Crippen LogP contribution in [0.3, 0.4) is 0 Å². The standard InChI is InChI=1S/C23H30N2O2S/c1-17-9-10-21(15-18(17)2)28-16-22(26)24-19(3)23(20-7-5-4-6-8-20)25-11-13-27-14-12-25/h4-10,15,19,23H,11-14,16H2,1-3H3,(H,24,26)/t19-,23-/m1/s1. The maximum absolute atomic E-state index is 12.6. The van der Waals surface area contributed by atoms with Gasteiger partial charge in [0.05, 0.1) is 25.0 Å². The van der Waals surface area contributed by atoms with Gasteiger partial charge in [-0.25, -0.2) is 0 Å². The van der Waals surface area contributed by atoms with Gasteiger partial charge in [0, 0.05) is 24.0 Å². The molecule has 4 nitrogen and oxygen atoms in total. The van der Waals surface area contributed by atoms with Crippen molar-refractivity contribution in [2.45, 2.75) is 37.8 Å². The fraction of sp³-hybridized carbons (Fsp3) is 0.435. The molecule has 2 aromatic carbocycles. The molecule has 2 atom stereocenters. The zero-order valence-corrected chi connectivity index (χ0v) is 17.8. The lowest BCUT2D eigenvalue weighted by Gasteiger charge is -2.38. The quantitative estimate of drug-likeness (QED) is 0.717. The Morgan fingerprint density at radius 2 is 1.82 bits per heavy atom. The number of carbonyl (C=O) groups excluding carboxylic acids is 1. The summed E-state index contributed by atoms with van der Waals surface area (Å²) in [5, 5.41) is 3.23. The van der Waals surface area contributed by atoms with Gasteiger partial charge in [0.15, 0.2) is 0 Å². The molecule has 1 N–H and O–H groups in total. The Hall–Kier alpha value is -1.82. The Bertz CT molecular complexity index is 775. The summed E-state index contributed by atoms with van der Waals surface area (Å²) in [6, 6.07) is 17.0. The van der Waals surface area contributed by atoms with Crippen molar-refractivity contribution in [2.75, 3.05) is 32.1 Å². The van der Waals surface area contributed by atoms with Gasteiger partial charge in [0.1, 0.15) is 0 Å². The maximum Gasteiger partial charge on any atom is 0.230 e. The van der Waals surface area contributed by atoms with Crippen LogP contribution in [0, 0.1) is 13.8 Å². The monoisotopic (exact) mass is 398 g/mol. The summed E-state index contributed by atoms with van der Waals surface area (Å²) in [5.41, 5.74) is 3.77. The highest BCUT2D eigenvalue weighted by atomic mass is 32.2. The Morgan fingerprint density at radius 3 is 2.50 bits per heavy atom. The average Bonchev–Trinajstić information content (AvgIpc) is 2.71. The normalized spacial score (nSPS) is 17.1. The van der Waals surface area contributed by atoms with Crippen LogP contribution in [0.1, 0.15) is 29.7 Å². The van der Waals surface area contributed by atoms with Gasteiger partial charge in [-0.05, 0) is 49.6 Å². The van der Waals surface area contributed by atoms with Crippen molar-refractivity contribution in [2.24, 2.45) is 0 Å². The van der Waals surface area contributed by atoms with Crippen LogP contribution in [-0.4, -0.2) is 48.9 Å². The Kier molecular flexibility index (Phi) is 7.54. The molecule has 0 aliphatic carbocycles. The van der Waals surface area contributed by atoms with Gasteiger partial charge in [-0.15, -0.1) is 11.8 Å².